The minimum absolute atomic E-state index is 0.0199. The number of carbonyl (C=O) groups is 1. The summed E-state index contributed by atoms with van der Waals surface area (Å²) in [5.41, 5.74) is 1.54. The molecule has 0 aliphatic carbocycles. The van der Waals surface area contributed by atoms with E-state index in [1.165, 1.54) is 30.7 Å². The second kappa shape index (κ2) is 7.23. The molecule has 1 amide bonds. The Morgan fingerprint density at radius 2 is 1.80 bits per heavy atom. The second-order valence-electron chi connectivity index (χ2n) is 5.00. The standard InChI is InChI=1S/C17H11ClF2N4O/c18-16-13(20)7-10(8-22-16)17(25)24-14-5-6-21-9-15(14)23-12-3-1-11(19)2-4-12/h1-9,23H,(H,21,24,25). The maximum atomic E-state index is 13.5. The van der Waals surface area contributed by atoms with Gasteiger partial charge in [0.25, 0.3) is 5.91 Å². The number of hydrogen-bond acceptors (Lipinski definition) is 4. The van der Waals surface area contributed by atoms with Crippen LogP contribution in [0.2, 0.25) is 5.15 Å². The highest BCUT2D eigenvalue weighted by Crippen LogP contribution is 2.25. The van der Waals surface area contributed by atoms with Crippen LogP contribution in [0.25, 0.3) is 0 Å². The fourth-order valence-corrected chi connectivity index (χ4v) is 2.14. The molecule has 25 heavy (non-hydrogen) atoms. The zero-order chi connectivity index (χ0) is 17.8. The minimum atomic E-state index is -0.784. The molecular weight excluding hydrogens is 350 g/mol. The van der Waals surface area contributed by atoms with E-state index in [9.17, 15) is 13.6 Å². The maximum absolute atomic E-state index is 13.5. The van der Waals surface area contributed by atoms with Crippen LogP contribution in [-0.4, -0.2) is 15.9 Å². The number of rotatable bonds is 4. The smallest absolute Gasteiger partial charge is 0.257 e. The van der Waals surface area contributed by atoms with E-state index < -0.39 is 11.7 Å². The summed E-state index contributed by atoms with van der Waals surface area (Å²) in [5, 5.41) is 5.36. The fraction of sp³-hybridized carbons (Fsp3) is 0. The Labute approximate surface area is 146 Å². The topological polar surface area (TPSA) is 66.9 Å². The molecule has 0 fully saturated rings. The first-order valence-electron chi connectivity index (χ1n) is 7.12. The number of carbonyl (C=O) groups excluding carboxylic acids is 1. The van der Waals surface area contributed by atoms with Crippen LogP contribution >= 0.6 is 11.6 Å². The monoisotopic (exact) mass is 360 g/mol. The molecule has 0 aliphatic heterocycles. The van der Waals surface area contributed by atoms with E-state index in [1.807, 2.05) is 0 Å². The zero-order valence-corrected chi connectivity index (χ0v) is 13.4. The normalized spacial score (nSPS) is 10.4. The van der Waals surface area contributed by atoms with Crippen molar-refractivity contribution in [3.8, 4) is 0 Å². The first-order chi connectivity index (χ1) is 12.0. The Kier molecular flexibility index (Phi) is 4.85. The molecular formula is C17H11ClF2N4O. The highest BCUT2D eigenvalue weighted by Gasteiger charge is 2.12. The van der Waals surface area contributed by atoms with Gasteiger partial charge in [0.2, 0.25) is 0 Å². The van der Waals surface area contributed by atoms with Crippen molar-refractivity contribution in [3.63, 3.8) is 0 Å². The van der Waals surface area contributed by atoms with Crippen molar-refractivity contribution in [2.75, 3.05) is 10.6 Å². The van der Waals surface area contributed by atoms with E-state index >= 15 is 0 Å². The van der Waals surface area contributed by atoms with Crippen molar-refractivity contribution in [2.45, 2.75) is 0 Å². The van der Waals surface area contributed by atoms with E-state index in [-0.39, 0.29) is 16.5 Å². The van der Waals surface area contributed by atoms with Crippen molar-refractivity contribution in [3.05, 3.63) is 77.3 Å². The molecule has 0 saturated carbocycles. The van der Waals surface area contributed by atoms with Gasteiger partial charge in [-0.25, -0.2) is 13.8 Å². The van der Waals surface area contributed by atoms with Crippen LogP contribution in [0.1, 0.15) is 10.4 Å². The van der Waals surface area contributed by atoms with Gasteiger partial charge in [0.1, 0.15) is 5.82 Å². The maximum Gasteiger partial charge on any atom is 0.257 e. The van der Waals surface area contributed by atoms with Crippen LogP contribution in [0.4, 0.5) is 25.8 Å². The summed E-state index contributed by atoms with van der Waals surface area (Å²) >= 11 is 5.51. The van der Waals surface area contributed by atoms with Crippen LogP contribution in [0, 0.1) is 11.6 Å². The summed E-state index contributed by atoms with van der Waals surface area (Å²) < 4.78 is 26.4. The van der Waals surface area contributed by atoms with Crippen molar-refractivity contribution < 1.29 is 13.6 Å². The van der Waals surface area contributed by atoms with Gasteiger partial charge in [-0.3, -0.25) is 9.78 Å². The number of nitrogens with one attached hydrogen (secondary N) is 2. The van der Waals surface area contributed by atoms with Crippen LogP contribution in [-0.2, 0) is 0 Å². The Morgan fingerprint density at radius 1 is 1.04 bits per heavy atom. The van der Waals surface area contributed by atoms with E-state index in [2.05, 4.69) is 20.6 Å². The molecule has 0 bridgehead atoms. The van der Waals surface area contributed by atoms with Crippen LogP contribution in [0.15, 0.2) is 55.0 Å². The number of amides is 1. The molecule has 0 atom stereocenters. The van der Waals surface area contributed by atoms with E-state index in [4.69, 9.17) is 11.6 Å². The number of pyridine rings is 2. The molecule has 126 valence electrons. The lowest BCUT2D eigenvalue weighted by molar-refractivity contribution is 0.102. The minimum Gasteiger partial charge on any atom is -0.353 e. The summed E-state index contributed by atoms with van der Waals surface area (Å²) in [4.78, 5) is 19.9. The molecule has 2 aromatic heterocycles. The molecule has 0 saturated heterocycles. The molecule has 0 aliphatic rings. The van der Waals surface area contributed by atoms with Crippen molar-refractivity contribution >= 4 is 34.6 Å². The van der Waals surface area contributed by atoms with Crippen LogP contribution in [0.3, 0.4) is 0 Å². The highest BCUT2D eigenvalue weighted by molar-refractivity contribution is 6.29. The number of halogens is 3. The van der Waals surface area contributed by atoms with E-state index in [0.717, 1.165) is 6.07 Å². The van der Waals surface area contributed by atoms with E-state index in [1.54, 1.807) is 18.2 Å². The predicted octanol–water partition coefficient (Wildman–Crippen LogP) is 4.40. The number of aromatic nitrogens is 2. The number of benzene rings is 1. The van der Waals surface area contributed by atoms with E-state index in [0.29, 0.717) is 17.1 Å². The average Bonchev–Trinajstić information content (AvgIpc) is 2.61. The van der Waals surface area contributed by atoms with Crippen molar-refractivity contribution in [1.29, 1.82) is 0 Å². The molecule has 8 heteroatoms. The van der Waals surface area contributed by atoms with Gasteiger partial charge in [0.15, 0.2) is 11.0 Å². The Hall–Kier alpha value is -3.06. The van der Waals surface area contributed by atoms with Gasteiger partial charge < -0.3 is 10.6 Å². The van der Waals surface area contributed by atoms with Gasteiger partial charge in [-0.1, -0.05) is 11.6 Å². The summed E-state index contributed by atoms with van der Waals surface area (Å²) in [5.74, 6) is -1.70. The molecule has 0 unspecified atom stereocenters. The summed E-state index contributed by atoms with van der Waals surface area (Å²) in [6.45, 7) is 0. The van der Waals surface area contributed by atoms with Crippen molar-refractivity contribution in [1.82, 2.24) is 9.97 Å². The molecule has 2 heterocycles. The van der Waals surface area contributed by atoms with Gasteiger partial charge in [0.05, 0.1) is 23.1 Å². The lowest BCUT2D eigenvalue weighted by Crippen LogP contribution is -2.14. The molecule has 3 rings (SSSR count). The Balaban J connectivity index is 1.81. The predicted molar refractivity (Wildman–Crippen MR) is 91.1 cm³/mol. The molecule has 2 N–H and O–H groups in total. The zero-order valence-electron chi connectivity index (χ0n) is 12.6. The third-order valence-corrected chi connectivity index (χ3v) is 3.53. The molecule has 1 aromatic carbocycles. The van der Waals surface area contributed by atoms with Gasteiger partial charge >= 0.3 is 0 Å². The molecule has 0 radical (unpaired) electrons. The Bertz CT molecular complexity index is 919. The third kappa shape index (κ3) is 4.07. The SMILES string of the molecule is O=C(Nc1ccncc1Nc1ccc(F)cc1)c1cnc(Cl)c(F)c1. The van der Waals surface area contributed by atoms with Gasteiger partial charge in [-0.2, -0.15) is 0 Å². The lowest BCUT2D eigenvalue weighted by atomic mass is 10.2. The largest absolute Gasteiger partial charge is 0.353 e. The molecule has 5 nitrogen and oxygen atoms in total. The Morgan fingerprint density at radius 3 is 2.52 bits per heavy atom. The van der Waals surface area contributed by atoms with Crippen molar-refractivity contribution in [2.24, 2.45) is 0 Å². The summed E-state index contributed by atoms with van der Waals surface area (Å²) in [7, 11) is 0. The quantitative estimate of drug-likeness (QED) is 0.676. The van der Waals surface area contributed by atoms with Gasteiger partial charge in [0, 0.05) is 18.1 Å². The summed E-state index contributed by atoms with van der Waals surface area (Å²) in [6.07, 6.45) is 4.17. The third-order valence-electron chi connectivity index (χ3n) is 3.25. The van der Waals surface area contributed by atoms with Gasteiger partial charge in [-0.15, -0.1) is 0 Å². The fourth-order valence-electron chi connectivity index (χ4n) is 2.03. The van der Waals surface area contributed by atoms with Gasteiger partial charge in [-0.05, 0) is 36.4 Å². The van der Waals surface area contributed by atoms with Crippen LogP contribution < -0.4 is 10.6 Å². The first-order valence-corrected chi connectivity index (χ1v) is 7.50. The highest BCUT2D eigenvalue weighted by atomic mass is 35.5. The second-order valence-corrected chi connectivity index (χ2v) is 5.36. The van der Waals surface area contributed by atoms with Crippen LogP contribution in [0.5, 0.6) is 0 Å². The lowest BCUT2D eigenvalue weighted by Gasteiger charge is -2.12. The molecule has 0 spiro atoms. The number of anilines is 3. The molecule has 3 aromatic rings. The number of hydrogen-bond donors (Lipinski definition) is 2. The first kappa shape index (κ1) is 16.8. The average molecular weight is 361 g/mol. The number of nitrogens with zero attached hydrogens (tertiary/aromatic N) is 2. The summed E-state index contributed by atoms with van der Waals surface area (Å²) in [6, 6.07) is 8.28.